The van der Waals surface area contributed by atoms with Gasteiger partial charge in [-0.3, -0.25) is 0 Å². The van der Waals surface area contributed by atoms with E-state index >= 15 is 0 Å². The van der Waals surface area contributed by atoms with Gasteiger partial charge in [0.2, 0.25) is 0 Å². The minimum Gasteiger partial charge on any atom is -0.486 e. The molecule has 0 bridgehead atoms. The van der Waals surface area contributed by atoms with Crippen LogP contribution in [0.1, 0.15) is 12.5 Å². The Balaban J connectivity index is 1.75. The summed E-state index contributed by atoms with van der Waals surface area (Å²) in [4.78, 5) is 0. The molecule has 0 unspecified atom stereocenters. The topological polar surface area (TPSA) is 39.7 Å². The van der Waals surface area contributed by atoms with Crippen LogP contribution in [0.3, 0.4) is 0 Å². The summed E-state index contributed by atoms with van der Waals surface area (Å²) in [6, 6.07) is 5.98. The fraction of sp³-hybridized carbons (Fsp3) is 0.467. The van der Waals surface area contributed by atoms with E-state index in [2.05, 4.69) is 18.0 Å². The predicted octanol–water partition coefficient (Wildman–Crippen LogP) is 2.14. The number of fused-ring (bicyclic) bond motifs is 1. The predicted molar refractivity (Wildman–Crippen MR) is 74.8 cm³/mol. The summed E-state index contributed by atoms with van der Waals surface area (Å²) in [5.74, 6) is 1.70. The molecule has 19 heavy (non-hydrogen) atoms. The second-order valence-corrected chi connectivity index (χ2v) is 4.63. The first kappa shape index (κ1) is 13.9. The maximum absolute atomic E-state index is 5.66. The number of para-hydroxylation sites is 1. The number of ether oxygens (including phenoxy) is 3. The minimum absolute atomic E-state index is 0.617. The van der Waals surface area contributed by atoms with E-state index in [-0.39, 0.29) is 0 Å². The summed E-state index contributed by atoms with van der Waals surface area (Å²) < 4.78 is 16.6. The van der Waals surface area contributed by atoms with Crippen molar-refractivity contribution in [2.75, 3.05) is 33.0 Å². The van der Waals surface area contributed by atoms with Crippen molar-refractivity contribution in [1.82, 2.24) is 5.32 Å². The van der Waals surface area contributed by atoms with Gasteiger partial charge in [-0.15, -0.1) is 0 Å². The lowest BCUT2D eigenvalue weighted by Crippen LogP contribution is -2.22. The van der Waals surface area contributed by atoms with Crippen LogP contribution in [0.15, 0.2) is 30.4 Å². The van der Waals surface area contributed by atoms with Crippen LogP contribution in [0.4, 0.5) is 0 Å². The summed E-state index contributed by atoms with van der Waals surface area (Å²) in [6.07, 6.45) is 0. The molecule has 0 fully saturated rings. The Kier molecular flexibility index (Phi) is 5.24. The zero-order chi connectivity index (χ0) is 13.5. The first-order valence-corrected chi connectivity index (χ1v) is 6.57. The van der Waals surface area contributed by atoms with Gasteiger partial charge in [0, 0.05) is 18.7 Å². The number of rotatable bonds is 7. The Hall–Kier alpha value is -1.52. The van der Waals surface area contributed by atoms with Crippen LogP contribution in [-0.4, -0.2) is 33.0 Å². The van der Waals surface area contributed by atoms with Gasteiger partial charge in [-0.2, -0.15) is 0 Å². The van der Waals surface area contributed by atoms with Crippen molar-refractivity contribution in [3.05, 3.63) is 35.9 Å². The maximum Gasteiger partial charge on any atom is 0.165 e. The lowest BCUT2D eigenvalue weighted by molar-refractivity contribution is 0.156. The molecule has 104 valence electrons. The molecule has 0 saturated carbocycles. The van der Waals surface area contributed by atoms with E-state index in [0.717, 1.165) is 35.7 Å². The van der Waals surface area contributed by atoms with Gasteiger partial charge < -0.3 is 19.5 Å². The van der Waals surface area contributed by atoms with Crippen LogP contribution in [0, 0.1) is 0 Å². The molecule has 1 aromatic carbocycles. The molecule has 0 atom stereocenters. The third-order valence-electron chi connectivity index (χ3n) is 2.73. The Morgan fingerprint density at radius 2 is 2.21 bits per heavy atom. The Morgan fingerprint density at radius 1 is 1.37 bits per heavy atom. The zero-order valence-electron chi connectivity index (χ0n) is 11.4. The molecule has 4 heteroatoms. The molecule has 1 aromatic rings. The average Bonchev–Trinajstić information content (AvgIpc) is 2.42. The van der Waals surface area contributed by atoms with Crippen LogP contribution >= 0.6 is 0 Å². The monoisotopic (exact) mass is 263 g/mol. The Bertz CT molecular complexity index is 431. The largest absolute Gasteiger partial charge is 0.486 e. The molecule has 1 aliphatic rings. The van der Waals surface area contributed by atoms with Crippen molar-refractivity contribution in [3.8, 4) is 11.5 Å². The van der Waals surface area contributed by atoms with E-state index < -0.39 is 0 Å². The molecule has 0 aliphatic carbocycles. The molecule has 1 aliphatic heterocycles. The first-order chi connectivity index (χ1) is 9.27. The zero-order valence-corrected chi connectivity index (χ0v) is 11.4. The van der Waals surface area contributed by atoms with Crippen molar-refractivity contribution in [2.24, 2.45) is 0 Å². The summed E-state index contributed by atoms with van der Waals surface area (Å²) in [5.41, 5.74) is 2.17. The standard InChI is InChI=1S/C15H21NO3/c1-12(2)11-17-7-6-16-10-13-4-3-5-14-15(13)19-9-8-18-14/h3-5,16H,1,6-11H2,2H3. The van der Waals surface area contributed by atoms with E-state index in [1.54, 1.807) is 0 Å². The summed E-state index contributed by atoms with van der Waals surface area (Å²) in [7, 11) is 0. The Morgan fingerprint density at radius 3 is 3.05 bits per heavy atom. The highest BCUT2D eigenvalue weighted by molar-refractivity contribution is 5.47. The van der Waals surface area contributed by atoms with Crippen LogP contribution in [0.25, 0.3) is 0 Å². The van der Waals surface area contributed by atoms with E-state index in [4.69, 9.17) is 14.2 Å². The van der Waals surface area contributed by atoms with Crippen molar-refractivity contribution < 1.29 is 14.2 Å². The van der Waals surface area contributed by atoms with Crippen LogP contribution < -0.4 is 14.8 Å². The van der Waals surface area contributed by atoms with Gasteiger partial charge in [-0.1, -0.05) is 24.3 Å². The molecular weight excluding hydrogens is 242 g/mol. The van der Waals surface area contributed by atoms with Gasteiger partial charge in [0.1, 0.15) is 13.2 Å². The van der Waals surface area contributed by atoms with Gasteiger partial charge in [-0.25, -0.2) is 0 Å². The SMILES string of the molecule is C=C(C)COCCNCc1cccc2c1OCCO2. The van der Waals surface area contributed by atoms with E-state index in [9.17, 15) is 0 Å². The second-order valence-electron chi connectivity index (χ2n) is 4.63. The quantitative estimate of drug-likeness (QED) is 0.604. The minimum atomic E-state index is 0.617. The molecule has 0 aromatic heterocycles. The summed E-state index contributed by atoms with van der Waals surface area (Å²) in [5, 5.41) is 3.34. The van der Waals surface area contributed by atoms with Crippen LogP contribution in [0.2, 0.25) is 0 Å². The van der Waals surface area contributed by atoms with E-state index in [1.807, 2.05) is 19.1 Å². The fourth-order valence-corrected chi connectivity index (χ4v) is 1.89. The van der Waals surface area contributed by atoms with Crippen LogP contribution in [-0.2, 0) is 11.3 Å². The number of hydrogen-bond donors (Lipinski definition) is 1. The third-order valence-corrected chi connectivity index (χ3v) is 2.73. The van der Waals surface area contributed by atoms with E-state index in [1.165, 1.54) is 0 Å². The normalized spacial score (nSPS) is 13.3. The van der Waals surface area contributed by atoms with Gasteiger partial charge >= 0.3 is 0 Å². The number of nitrogens with one attached hydrogen (secondary N) is 1. The molecule has 1 N–H and O–H groups in total. The highest BCUT2D eigenvalue weighted by Gasteiger charge is 2.14. The first-order valence-electron chi connectivity index (χ1n) is 6.57. The van der Waals surface area contributed by atoms with Crippen molar-refractivity contribution in [2.45, 2.75) is 13.5 Å². The molecular formula is C15H21NO3. The van der Waals surface area contributed by atoms with Gasteiger partial charge in [-0.05, 0) is 13.0 Å². The van der Waals surface area contributed by atoms with Crippen molar-refractivity contribution in [1.29, 1.82) is 0 Å². The molecule has 1 heterocycles. The molecule has 0 radical (unpaired) electrons. The van der Waals surface area contributed by atoms with Gasteiger partial charge in [0.25, 0.3) is 0 Å². The molecule has 0 amide bonds. The highest BCUT2D eigenvalue weighted by atomic mass is 16.6. The van der Waals surface area contributed by atoms with Crippen molar-refractivity contribution in [3.63, 3.8) is 0 Å². The number of benzene rings is 1. The van der Waals surface area contributed by atoms with E-state index in [0.29, 0.717) is 26.4 Å². The third kappa shape index (κ3) is 4.26. The lowest BCUT2D eigenvalue weighted by Gasteiger charge is -2.21. The van der Waals surface area contributed by atoms with Crippen molar-refractivity contribution >= 4 is 0 Å². The lowest BCUT2D eigenvalue weighted by atomic mass is 10.1. The second kappa shape index (κ2) is 7.16. The maximum atomic E-state index is 5.66. The number of hydrogen-bond acceptors (Lipinski definition) is 4. The molecule has 2 rings (SSSR count). The summed E-state index contributed by atoms with van der Waals surface area (Å²) >= 11 is 0. The molecule has 0 spiro atoms. The van der Waals surface area contributed by atoms with Gasteiger partial charge in [0.15, 0.2) is 11.5 Å². The summed E-state index contributed by atoms with van der Waals surface area (Å²) in [6.45, 7) is 9.85. The average molecular weight is 263 g/mol. The fourth-order valence-electron chi connectivity index (χ4n) is 1.89. The smallest absolute Gasteiger partial charge is 0.165 e. The van der Waals surface area contributed by atoms with Crippen LogP contribution in [0.5, 0.6) is 11.5 Å². The van der Waals surface area contributed by atoms with Gasteiger partial charge in [0.05, 0.1) is 13.2 Å². The highest BCUT2D eigenvalue weighted by Crippen LogP contribution is 2.33. The Labute approximate surface area is 114 Å². The molecule has 4 nitrogen and oxygen atoms in total. The molecule has 0 saturated heterocycles.